The van der Waals surface area contributed by atoms with Crippen LogP contribution in [0.5, 0.6) is 0 Å². The lowest BCUT2D eigenvalue weighted by Crippen LogP contribution is -2.64. The molecule has 0 amide bonds. The number of aliphatic hydroxyl groups is 7. The summed E-state index contributed by atoms with van der Waals surface area (Å²) in [6.07, 6.45) is -12.1. The van der Waals surface area contributed by atoms with Gasteiger partial charge in [-0.2, -0.15) is 0 Å². The van der Waals surface area contributed by atoms with E-state index in [2.05, 4.69) is 0 Å². The summed E-state index contributed by atoms with van der Waals surface area (Å²) in [6.45, 7) is 4.96. The first kappa shape index (κ1) is 23.9. The minimum absolute atomic E-state index is 0.0263. The van der Waals surface area contributed by atoms with Gasteiger partial charge in [-0.3, -0.25) is 0 Å². The molecule has 0 aromatic heterocycles. The molecule has 0 spiro atoms. The van der Waals surface area contributed by atoms with E-state index >= 15 is 0 Å². The third kappa shape index (κ3) is 5.39. The zero-order valence-corrected chi connectivity index (χ0v) is 16.5. The molecule has 10 nitrogen and oxygen atoms in total. The second kappa shape index (κ2) is 9.61. The van der Waals surface area contributed by atoms with Crippen molar-refractivity contribution < 1.29 is 50.0 Å². The molecule has 0 aliphatic carbocycles. The monoisotopic (exact) mass is 410 g/mol. The largest absolute Gasteiger partial charge is 0.394 e. The van der Waals surface area contributed by atoms with Gasteiger partial charge in [-0.15, -0.1) is 0 Å². The number of hydrogen-bond donors (Lipinski definition) is 7. The summed E-state index contributed by atoms with van der Waals surface area (Å²) >= 11 is 0. The van der Waals surface area contributed by atoms with Gasteiger partial charge in [0.1, 0.15) is 48.8 Å². The third-order valence-corrected chi connectivity index (χ3v) is 5.28. The molecule has 2 fully saturated rings. The van der Waals surface area contributed by atoms with Crippen LogP contribution in [0.15, 0.2) is 0 Å². The maximum atomic E-state index is 10.7. The standard InChI is InChI=1S/C18H34O10/c1-18(2,3)5-4-8-12(22)16(13(23)10(7-20)26-8)28-17-15(25)14(24)11(21)9(6-19)27-17/h8-17,19-25H,4-7H2,1-3H3/t8-,9+,10+,11-,12-,13-,14-,15+,16+,17+/m0/s1. The van der Waals surface area contributed by atoms with Gasteiger partial charge in [-0.25, -0.2) is 0 Å². The Morgan fingerprint density at radius 1 is 0.714 bits per heavy atom. The predicted octanol–water partition coefficient (Wildman–Crippen LogP) is -2.52. The first-order chi connectivity index (χ1) is 13.0. The molecule has 10 atom stereocenters. The van der Waals surface area contributed by atoms with Gasteiger partial charge in [-0.05, 0) is 18.3 Å². The summed E-state index contributed by atoms with van der Waals surface area (Å²) in [7, 11) is 0. The fraction of sp³-hybridized carbons (Fsp3) is 1.00. The minimum Gasteiger partial charge on any atom is -0.394 e. The molecular formula is C18H34O10. The lowest BCUT2D eigenvalue weighted by atomic mass is 9.85. The molecule has 7 N–H and O–H groups in total. The maximum absolute atomic E-state index is 10.7. The molecule has 0 unspecified atom stereocenters. The Morgan fingerprint density at radius 3 is 1.79 bits per heavy atom. The molecule has 2 aliphatic heterocycles. The van der Waals surface area contributed by atoms with Crippen LogP contribution in [0, 0.1) is 5.41 Å². The van der Waals surface area contributed by atoms with E-state index in [4.69, 9.17) is 14.2 Å². The van der Waals surface area contributed by atoms with Crippen molar-refractivity contribution in [2.24, 2.45) is 5.41 Å². The van der Waals surface area contributed by atoms with E-state index in [1.807, 2.05) is 20.8 Å². The van der Waals surface area contributed by atoms with Gasteiger partial charge < -0.3 is 50.0 Å². The summed E-state index contributed by atoms with van der Waals surface area (Å²) in [5, 5.41) is 69.8. The van der Waals surface area contributed by atoms with Crippen molar-refractivity contribution in [2.75, 3.05) is 13.2 Å². The first-order valence-electron chi connectivity index (χ1n) is 9.58. The quantitative estimate of drug-likeness (QED) is 0.248. The fourth-order valence-corrected chi connectivity index (χ4v) is 3.47. The van der Waals surface area contributed by atoms with E-state index in [-0.39, 0.29) is 5.41 Å². The van der Waals surface area contributed by atoms with E-state index in [0.29, 0.717) is 12.8 Å². The highest BCUT2D eigenvalue weighted by molar-refractivity contribution is 4.96. The Hall–Kier alpha value is -0.400. The topological polar surface area (TPSA) is 169 Å². The molecule has 2 saturated heterocycles. The Morgan fingerprint density at radius 2 is 1.25 bits per heavy atom. The highest BCUT2D eigenvalue weighted by Crippen LogP contribution is 2.32. The van der Waals surface area contributed by atoms with Gasteiger partial charge in [0.15, 0.2) is 6.29 Å². The van der Waals surface area contributed by atoms with Crippen molar-refractivity contribution in [3.8, 4) is 0 Å². The molecule has 2 rings (SSSR count). The second-order valence-electron chi connectivity index (χ2n) is 8.77. The Kier molecular flexibility index (Phi) is 8.19. The van der Waals surface area contributed by atoms with E-state index < -0.39 is 74.4 Å². The molecule has 0 aromatic rings. The van der Waals surface area contributed by atoms with Crippen LogP contribution >= 0.6 is 0 Å². The van der Waals surface area contributed by atoms with Gasteiger partial charge >= 0.3 is 0 Å². The molecule has 0 aromatic carbocycles. The molecule has 0 radical (unpaired) electrons. The molecule has 10 heteroatoms. The molecule has 166 valence electrons. The first-order valence-corrected chi connectivity index (χ1v) is 9.58. The second-order valence-corrected chi connectivity index (χ2v) is 8.77. The lowest BCUT2D eigenvalue weighted by molar-refractivity contribution is -0.342. The van der Waals surface area contributed by atoms with Gasteiger partial charge in [0.25, 0.3) is 0 Å². The molecule has 0 bridgehead atoms. The Balaban J connectivity index is 2.14. The van der Waals surface area contributed by atoms with E-state index in [9.17, 15) is 35.7 Å². The number of rotatable bonds is 6. The average Bonchev–Trinajstić information content (AvgIpc) is 2.63. The third-order valence-electron chi connectivity index (χ3n) is 5.28. The zero-order chi connectivity index (χ0) is 21.2. The predicted molar refractivity (Wildman–Crippen MR) is 95.1 cm³/mol. The van der Waals surface area contributed by atoms with Gasteiger partial charge in [0.05, 0.1) is 19.3 Å². The van der Waals surface area contributed by atoms with Crippen LogP contribution in [0.2, 0.25) is 0 Å². The van der Waals surface area contributed by atoms with Gasteiger partial charge in [-0.1, -0.05) is 20.8 Å². The van der Waals surface area contributed by atoms with Gasteiger partial charge in [0.2, 0.25) is 0 Å². The molecule has 0 saturated carbocycles. The summed E-state index contributed by atoms with van der Waals surface area (Å²) < 4.78 is 16.5. The van der Waals surface area contributed by atoms with Crippen LogP contribution in [0.3, 0.4) is 0 Å². The SMILES string of the molecule is CC(C)(C)CC[C@@H]1O[C@H](CO)[C@H](O)[C@H](O[C@H]2O[C@H](CO)[C@H](O)[C@H](O)[C@H]2O)[C@H]1O. The maximum Gasteiger partial charge on any atom is 0.187 e. The fourth-order valence-electron chi connectivity index (χ4n) is 3.47. The highest BCUT2D eigenvalue weighted by atomic mass is 16.7. The molecule has 28 heavy (non-hydrogen) atoms. The van der Waals surface area contributed by atoms with Crippen LogP contribution in [0.1, 0.15) is 33.6 Å². The Labute approximate surface area is 164 Å². The summed E-state index contributed by atoms with van der Waals surface area (Å²) in [6, 6.07) is 0. The highest BCUT2D eigenvalue weighted by Gasteiger charge is 2.50. The molecule has 2 heterocycles. The smallest absolute Gasteiger partial charge is 0.187 e. The summed E-state index contributed by atoms with van der Waals surface area (Å²) in [5.41, 5.74) is -0.0263. The zero-order valence-electron chi connectivity index (χ0n) is 16.5. The average molecular weight is 410 g/mol. The van der Waals surface area contributed by atoms with Crippen molar-refractivity contribution in [3.05, 3.63) is 0 Å². The van der Waals surface area contributed by atoms with E-state index in [1.165, 1.54) is 0 Å². The number of aliphatic hydroxyl groups excluding tert-OH is 7. The van der Waals surface area contributed by atoms with Crippen molar-refractivity contribution in [3.63, 3.8) is 0 Å². The van der Waals surface area contributed by atoms with Crippen LogP contribution in [-0.2, 0) is 14.2 Å². The van der Waals surface area contributed by atoms with E-state index in [0.717, 1.165) is 0 Å². The minimum atomic E-state index is -1.67. The van der Waals surface area contributed by atoms with Crippen molar-refractivity contribution >= 4 is 0 Å². The van der Waals surface area contributed by atoms with Crippen LogP contribution < -0.4 is 0 Å². The number of hydrogen-bond acceptors (Lipinski definition) is 10. The number of ether oxygens (including phenoxy) is 3. The van der Waals surface area contributed by atoms with Gasteiger partial charge in [0, 0.05) is 0 Å². The summed E-state index contributed by atoms with van der Waals surface area (Å²) in [5.74, 6) is 0. The summed E-state index contributed by atoms with van der Waals surface area (Å²) in [4.78, 5) is 0. The molecule has 2 aliphatic rings. The van der Waals surface area contributed by atoms with E-state index in [1.54, 1.807) is 0 Å². The van der Waals surface area contributed by atoms with Crippen molar-refractivity contribution in [2.45, 2.75) is 94.8 Å². The van der Waals surface area contributed by atoms with Crippen molar-refractivity contribution in [1.29, 1.82) is 0 Å². The van der Waals surface area contributed by atoms with Crippen LogP contribution in [0.4, 0.5) is 0 Å². The van der Waals surface area contributed by atoms with Crippen LogP contribution in [0.25, 0.3) is 0 Å². The van der Waals surface area contributed by atoms with Crippen molar-refractivity contribution in [1.82, 2.24) is 0 Å². The van der Waals surface area contributed by atoms with Crippen LogP contribution in [-0.4, -0.2) is 110 Å². The lowest BCUT2D eigenvalue weighted by Gasteiger charge is -2.46. The normalized spacial score (nSPS) is 45.2. The Bertz CT molecular complexity index is 481. The molecular weight excluding hydrogens is 376 g/mol.